The maximum atomic E-state index is 12.8. The van der Waals surface area contributed by atoms with Crippen LogP contribution < -0.4 is 10.2 Å². The minimum atomic E-state index is -1.91. The van der Waals surface area contributed by atoms with E-state index < -0.39 is 19.7 Å². The number of aromatic nitrogens is 1. The third kappa shape index (κ3) is 4.81. The highest BCUT2D eigenvalue weighted by molar-refractivity contribution is 9.10. The molecule has 0 aliphatic carbocycles. The summed E-state index contributed by atoms with van der Waals surface area (Å²) in [6, 6.07) is 3.30. The van der Waals surface area contributed by atoms with E-state index in [1.807, 2.05) is 11.5 Å². The average Bonchev–Trinajstić information content (AvgIpc) is 2.64. The highest BCUT2D eigenvalue weighted by Gasteiger charge is 2.37. The van der Waals surface area contributed by atoms with Gasteiger partial charge in [-0.15, -0.1) is 0 Å². The summed E-state index contributed by atoms with van der Waals surface area (Å²) >= 11 is 3.39. The molecule has 2 unspecified atom stereocenters. The zero-order valence-corrected chi connectivity index (χ0v) is 21.6. The van der Waals surface area contributed by atoms with Gasteiger partial charge in [0.15, 0.2) is 8.32 Å². The molecule has 0 fully saturated rings. The Balaban J connectivity index is 2.54. The van der Waals surface area contributed by atoms with Crippen molar-refractivity contribution in [3.8, 4) is 5.75 Å². The third-order valence-corrected chi connectivity index (χ3v) is 11.4. The number of methoxy groups -OCH3 is 1. The van der Waals surface area contributed by atoms with Gasteiger partial charge in [-0.2, -0.15) is 0 Å². The van der Waals surface area contributed by atoms with Gasteiger partial charge < -0.3 is 18.8 Å². The molecular formula is C22H32BrNO5Si. The van der Waals surface area contributed by atoms with Gasteiger partial charge in [0.25, 0.3) is 0 Å². The Bertz CT molecular complexity index is 1010. The first-order chi connectivity index (χ1) is 13.7. The summed E-state index contributed by atoms with van der Waals surface area (Å²) in [5, 5.41) is 10.0. The smallest absolute Gasteiger partial charge is 0.341 e. The highest BCUT2D eigenvalue weighted by Crippen LogP contribution is 2.37. The molecule has 2 aromatic rings. The van der Waals surface area contributed by atoms with Gasteiger partial charge in [0.2, 0.25) is 5.43 Å². The lowest BCUT2D eigenvalue weighted by atomic mass is 10.0. The van der Waals surface area contributed by atoms with E-state index in [0.717, 1.165) is 0 Å². The first-order valence-corrected chi connectivity index (χ1v) is 13.7. The SMILES string of the molecule is COc1cc2c(cc1Br)c(=O)c(C(=O)O)cn2C(C)C(C)CO[Si](C)(C)C(C)(C)C. The van der Waals surface area contributed by atoms with Crippen LogP contribution in [0.3, 0.4) is 0 Å². The van der Waals surface area contributed by atoms with Gasteiger partial charge in [0.05, 0.1) is 17.1 Å². The lowest BCUT2D eigenvalue weighted by molar-refractivity contribution is 0.0694. The van der Waals surface area contributed by atoms with Crippen LogP contribution in [0.5, 0.6) is 5.75 Å². The molecule has 1 aromatic heterocycles. The Hall–Kier alpha value is -1.64. The molecule has 0 spiro atoms. The lowest BCUT2D eigenvalue weighted by Gasteiger charge is -2.38. The first kappa shape index (κ1) is 24.6. The Morgan fingerprint density at radius 1 is 1.27 bits per heavy atom. The van der Waals surface area contributed by atoms with Gasteiger partial charge in [-0.25, -0.2) is 4.79 Å². The monoisotopic (exact) mass is 497 g/mol. The number of ether oxygens (including phenoxy) is 1. The van der Waals surface area contributed by atoms with Crippen LogP contribution in [0.1, 0.15) is 51.0 Å². The lowest BCUT2D eigenvalue weighted by Crippen LogP contribution is -2.42. The van der Waals surface area contributed by atoms with Gasteiger partial charge >= 0.3 is 5.97 Å². The van der Waals surface area contributed by atoms with Crippen molar-refractivity contribution in [3.05, 3.63) is 38.6 Å². The van der Waals surface area contributed by atoms with E-state index in [9.17, 15) is 14.7 Å². The molecule has 0 aliphatic heterocycles. The van der Waals surface area contributed by atoms with E-state index in [4.69, 9.17) is 9.16 Å². The number of halogens is 1. The molecule has 1 heterocycles. The van der Waals surface area contributed by atoms with Crippen LogP contribution in [0.2, 0.25) is 18.1 Å². The van der Waals surface area contributed by atoms with Crippen molar-refractivity contribution in [2.45, 2.75) is 58.8 Å². The second-order valence-electron chi connectivity index (χ2n) is 9.38. The molecule has 0 bridgehead atoms. The van der Waals surface area contributed by atoms with Gasteiger partial charge in [-0.05, 0) is 53.0 Å². The summed E-state index contributed by atoms with van der Waals surface area (Å²) in [5.74, 6) is -0.558. The van der Waals surface area contributed by atoms with Crippen molar-refractivity contribution in [1.82, 2.24) is 4.57 Å². The average molecular weight is 498 g/mol. The van der Waals surface area contributed by atoms with Gasteiger partial charge in [0, 0.05) is 30.3 Å². The summed E-state index contributed by atoms with van der Waals surface area (Å²) in [6.07, 6.45) is 1.44. The number of pyridine rings is 1. The van der Waals surface area contributed by atoms with Gasteiger partial charge in [-0.1, -0.05) is 27.7 Å². The molecule has 8 heteroatoms. The van der Waals surface area contributed by atoms with Crippen LogP contribution in [-0.2, 0) is 4.43 Å². The van der Waals surface area contributed by atoms with Crippen LogP contribution >= 0.6 is 15.9 Å². The molecule has 30 heavy (non-hydrogen) atoms. The Morgan fingerprint density at radius 2 is 1.87 bits per heavy atom. The highest BCUT2D eigenvalue weighted by atomic mass is 79.9. The fourth-order valence-corrected chi connectivity index (χ4v) is 4.58. The number of carboxylic acid groups (broad SMARTS) is 1. The first-order valence-electron chi connectivity index (χ1n) is 10.0. The number of fused-ring (bicyclic) bond motifs is 1. The third-order valence-electron chi connectivity index (χ3n) is 6.31. The van der Waals surface area contributed by atoms with E-state index >= 15 is 0 Å². The van der Waals surface area contributed by atoms with Crippen LogP contribution in [0.25, 0.3) is 10.9 Å². The number of aromatic carboxylic acids is 1. The molecule has 0 radical (unpaired) electrons. The molecule has 1 aromatic carbocycles. The van der Waals surface area contributed by atoms with Crippen molar-refractivity contribution in [2.24, 2.45) is 5.92 Å². The van der Waals surface area contributed by atoms with Crippen LogP contribution in [0.4, 0.5) is 0 Å². The Kier molecular flexibility index (Phi) is 7.26. The largest absolute Gasteiger partial charge is 0.495 e. The molecule has 6 nitrogen and oxygen atoms in total. The predicted molar refractivity (Wildman–Crippen MR) is 126 cm³/mol. The standard InChI is InChI=1S/C22H32BrNO5Si/c1-13(12-29-30(7,8)22(3,4)5)14(2)24-11-16(21(26)27)20(25)15-9-17(23)19(28-6)10-18(15)24/h9-11,13-14H,12H2,1-8H3,(H,26,27). The van der Waals surface area contributed by atoms with Gasteiger partial charge in [-0.3, -0.25) is 4.79 Å². The van der Waals surface area contributed by atoms with E-state index in [1.54, 1.807) is 19.2 Å². The molecule has 0 amide bonds. The molecule has 2 atom stereocenters. The van der Waals surface area contributed by atoms with Crippen molar-refractivity contribution in [3.63, 3.8) is 0 Å². The summed E-state index contributed by atoms with van der Waals surface area (Å²) in [6.45, 7) is 15.7. The number of carbonyl (C=O) groups is 1. The quantitative estimate of drug-likeness (QED) is 0.497. The minimum Gasteiger partial charge on any atom is -0.495 e. The van der Waals surface area contributed by atoms with Crippen molar-refractivity contribution in [2.75, 3.05) is 13.7 Å². The summed E-state index contributed by atoms with van der Waals surface area (Å²) in [5.41, 5.74) is -0.116. The maximum Gasteiger partial charge on any atom is 0.341 e. The number of carboxylic acids is 1. The normalized spacial score (nSPS) is 14.6. The van der Waals surface area contributed by atoms with E-state index in [1.165, 1.54) is 6.20 Å². The molecular weight excluding hydrogens is 466 g/mol. The number of hydrogen-bond donors (Lipinski definition) is 1. The number of nitrogens with zero attached hydrogens (tertiary/aromatic N) is 1. The molecule has 0 aliphatic rings. The van der Waals surface area contributed by atoms with Crippen LogP contribution in [-0.4, -0.2) is 37.7 Å². The van der Waals surface area contributed by atoms with Gasteiger partial charge in [0.1, 0.15) is 11.3 Å². The zero-order chi connectivity index (χ0) is 23.0. The summed E-state index contributed by atoms with van der Waals surface area (Å²) in [7, 11) is -0.353. The van der Waals surface area contributed by atoms with Crippen molar-refractivity contribution in [1.29, 1.82) is 0 Å². The molecule has 0 saturated carbocycles. The Labute approximate surface area is 187 Å². The maximum absolute atomic E-state index is 12.8. The topological polar surface area (TPSA) is 77.8 Å². The zero-order valence-electron chi connectivity index (χ0n) is 19.0. The van der Waals surface area contributed by atoms with Crippen molar-refractivity contribution >= 4 is 41.1 Å². The Morgan fingerprint density at radius 3 is 2.37 bits per heavy atom. The van der Waals surface area contributed by atoms with Crippen LogP contribution in [0, 0.1) is 5.92 Å². The fourth-order valence-electron chi connectivity index (χ4n) is 2.97. The van der Waals surface area contributed by atoms with E-state index in [-0.39, 0.29) is 22.6 Å². The fraction of sp³-hybridized carbons (Fsp3) is 0.545. The molecule has 0 saturated heterocycles. The number of rotatable bonds is 7. The van der Waals surface area contributed by atoms with E-state index in [0.29, 0.717) is 27.7 Å². The van der Waals surface area contributed by atoms with Crippen molar-refractivity contribution < 1.29 is 19.1 Å². The molecule has 166 valence electrons. The predicted octanol–water partition coefficient (Wildman–Crippen LogP) is 5.69. The number of hydrogen-bond acceptors (Lipinski definition) is 4. The molecule has 2 rings (SSSR count). The summed E-state index contributed by atoms with van der Waals surface area (Å²) in [4.78, 5) is 24.5. The second kappa shape index (κ2) is 8.84. The van der Waals surface area contributed by atoms with E-state index in [2.05, 4.69) is 56.7 Å². The second-order valence-corrected chi connectivity index (χ2v) is 15.0. The minimum absolute atomic E-state index is 0.0955. The number of benzene rings is 1. The summed E-state index contributed by atoms with van der Waals surface area (Å²) < 4.78 is 14.2. The molecule has 1 N–H and O–H groups in total. The van der Waals surface area contributed by atoms with Crippen LogP contribution in [0.15, 0.2) is 27.6 Å².